The second kappa shape index (κ2) is 9.67. The number of nitrogens with zero attached hydrogens (tertiary/aromatic N) is 1. The summed E-state index contributed by atoms with van der Waals surface area (Å²) in [6, 6.07) is 1.24. The second-order valence-corrected chi connectivity index (χ2v) is 10.0. The van der Waals surface area contributed by atoms with E-state index < -0.39 is 87.5 Å². The summed E-state index contributed by atoms with van der Waals surface area (Å²) in [4.78, 5) is 49.2. The van der Waals surface area contributed by atoms with Crippen LogP contribution in [0.25, 0.3) is 5.76 Å². The van der Waals surface area contributed by atoms with Gasteiger partial charge in [-0.2, -0.15) is 0 Å². The van der Waals surface area contributed by atoms with Crippen molar-refractivity contribution in [2.75, 3.05) is 20.7 Å². The molecule has 0 radical (unpaired) electrons. The molecule has 0 bridgehead atoms. The maximum Gasteiger partial charge on any atom is 0.329 e. The molecule has 0 unspecified atom stereocenters. The number of halogens is 1. The normalized spacial score (nSPS) is 30.3. The van der Waals surface area contributed by atoms with Crippen molar-refractivity contribution in [2.24, 2.45) is 17.6 Å². The number of aliphatic carboxylic acids is 1. The third-order valence-corrected chi connectivity index (χ3v) is 7.52. The Morgan fingerprint density at radius 1 is 1.16 bits per heavy atom. The molecule has 5 atom stereocenters. The molecule has 0 aliphatic heterocycles. The number of Topliss-reactive ketones (excluding diaryl/α,β-unsaturated/α-hetero) is 2. The monoisotopic (exact) mass is 554 g/mol. The number of fused-ring (bicyclic) bond motifs is 3. The molecule has 3 aliphatic carbocycles. The molecule has 0 saturated heterocycles. The van der Waals surface area contributed by atoms with Crippen molar-refractivity contribution < 1.29 is 54.9 Å². The summed E-state index contributed by atoms with van der Waals surface area (Å²) in [7, 11) is 2.97. The number of aliphatic hydroxyl groups excluding tert-OH is 3. The third-order valence-electron chi connectivity index (χ3n) is 7.21. The molecule has 0 heterocycles. The average molecular weight is 555 g/mol. The molecule has 1 aromatic carbocycles. The molecule has 4 rings (SSSR count). The molecular formula is C24H27ClN2O11. The fourth-order valence-electron chi connectivity index (χ4n) is 5.58. The van der Waals surface area contributed by atoms with Gasteiger partial charge in [-0.15, -0.1) is 0 Å². The minimum absolute atomic E-state index is 0.0187. The number of hydrogen-bond acceptors (Lipinski definition) is 11. The molecule has 38 heavy (non-hydrogen) atoms. The summed E-state index contributed by atoms with van der Waals surface area (Å²) in [6.45, 7) is 0.561. The second-order valence-electron chi connectivity index (χ2n) is 9.63. The van der Waals surface area contributed by atoms with Crippen LogP contribution in [0.3, 0.4) is 0 Å². The number of ketones is 2. The van der Waals surface area contributed by atoms with Crippen molar-refractivity contribution in [2.45, 2.75) is 30.6 Å². The van der Waals surface area contributed by atoms with Crippen LogP contribution >= 0.6 is 11.6 Å². The lowest BCUT2D eigenvalue weighted by Gasteiger charge is -2.53. The number of phenolic OH excluding ortho intramolecular Hbond substituents is 1. The van der Waals surface area contributed by atoms with Gasteiger partial charge in [0.05, 0.1) is 17.2 Å². The van der Waals surface area contributed by atoms with E-state index in [2.05, 4.69) is 0 Å². The van der Waals surface area contributed by atoms with Crippen LogP contribution in [-0.2, 0) is 24.8 Å². The fraction of sp³-hybridized carbons (Fsp3) is 0.417. The molecule has 14 heteroatoms. The lowest BCUT2D eigenvalue weighted by atomic mass is 9.54. The van der Waals surface area contributed by atoms with Crippen molar-refractivity contribution in [3.63, 3.8) is 0 Å². The largest absolute Gasteiger partial charge is 0.508 e. The van der Waals surface area contributed by atoms with Crippen LogP contribution in [0.5, 0.6) is 5.75 Å². The Morgan fingerprint density at radius 3 is 2.18 bits per heavy atom. The van der Waals surface area contributed by atoms with E-state index in [1.165, 1.54) is 38.1 Å². The van der Waals surface area contributed by atoms with Gasteiger partial charge in [-0.05, 0) is 39.6 Å². The number of carbonyl (C=O) groups excluding carboxylic acids is 3. The summed E-state index contributed by atoms with van der Waals surface area (Å²) in [5.74, 6) is -9.49. The zero-order valence-corrected chi connectivity index (χ0v) is 21.2. The van der Waals surface area contributed by atoms with Gasteiger partial charge in [0.2, 0.25) is 5.78 Å². The minimum atomic E-state index is -2.78. The highest BCUT2D eigenvalue weighted by molar-refractivity contribution is 6.32. The van der Waals surface area contributed by atoms with Crippen molar-refractivity contribution >= 4 is 40.8 Å². The van der Waals surface area contributed by atoms with E-state index in [0.29, 0.717) is 0 Å². The topological polar surface area (TPSA) is 239 Å². The number of benzene rings is 1. The van der Waals surface area contributed by atoms with Gasteiger partial charge in [-0.3, -0.25) is 19.3 Å². The number of carboxylic acid groups (broad SMARTS) is 1. The number of aromatic hydroxyl groups is 1. The Labute approximate surface area is 220 Å². The zero-order valence-electron chi connectivity index (χ0n) is 20.5. The maximum atomic E-state index is 13.7. The van der Waals surface area contributed by atoms with Gasteiger partial charge in [0.25, 0.3) is 5.91 Å². The van der Waals surface area contributed by atoms with E-state index in [4.69, 9.17) is 32.3 Å². The van der Waals surface area contributed by atoms with Crippen molar-refractivity contribution in [1.82, 2.24) is 4.90 Å². The van der Waals surface area contributed by atoms with E-state index in [-0.39, 0.29) is 22.6 Å². The first-order valence-electron chi connectivity index (χ1n) is 11.2. The predicted octanol–water partition coefficient (Wildman–Crippen LogP) is -0.654. The summed E-state index contributed by atoms with van der Waals surface area (Å²) in [5.41, 5.74) is -1.10. The van der Waals surface area contributed by atoms with E-state index in [1.807, 2.05) is 0 Å². The standard InChI is InChI=1S/C22H23ClN2O8.C2H4O3/c1-21(32)7-6-8-15(25(2)3)17(28)13(20(24)31)19(30)22(8,33)18(29)11(7)16(27)12-10(26)5-4-9(23)14(12)21;3-1-2(4)5/h4-5,7-8,15,26-27,30,32-33H,6H2,1-3H3,(H2,24,31);3H,1H2,(H,4,5)/t7-,8-,15-,21-,22-;/m0./s1. The molecule has 0 spiro atoms. The first-order valence-corrected chi connectivity index (χ1v) is 11.6. The van der Waals surface area contributed by atoms with Gasteiger partial charge in [0.1, 0.15) is 29.4 Å². The number of likely N-dealkylation sites (N-methyl/N-ethyl adjacent to an activating group) is 1. The van der Waals surface area contributed by atoms with Crippen molar-refractivity contribution in [3.05, 3.63) is 45.2 Å². The van der Waals surface area contributed by atoms with E-state index in [0.717, 1.165) is 0 Å². The Morgan fingerprint density at radius 2 is 1.71 bits per heavy atom. The number of aliphatic hydroxyl groups is 5. The summed E-state index contributed by atoms with van der Waals surface area (Å²) in [6.07, 6.45) is -0.259. The number of nitrogens with two attached hydrogens (primary N) is 1. The van der Waals surface area contributed by atoms with E-state index in [9.17, 15) is 39.9 Å². The Kier molecular flexibility index (Phi) is 7.40. The van der Waals surface area contributed by atoms with Crippen LogP contribution in [0.1, 0.15) is 24.5 Å². The smallest absolute Gasteiger partial charge is 0.329 e. The molecule has 9 N–H and O–H groups in total. The number of amides is 1. The lowest BCUT2D eigenvalue weighted by Crippen LogP contribution is -2.67. The highest BCUT2D eigenvalue weighted by Crippen LogP contribution is 2.58. The van der Waals surface area contributed by atoms with Gasteiger partial charge in [-0.25, -0.2) is 4.79 Å². The number of primary amides is 1. The lowest BCUT2D eigenvalue weighted by molar-refractivity contribution is -0.159. The van der Waals surface area contributed by atoms with Crippen LogP contribution in [-0.4, -0.2) is 96.4 Å². The van der Waals surface area contributed by atoms with Gasteiger partial charge in [0.15, 0.2) is 11.4 Å². The number of carboxylic acids is 1. The average Bonchev–Trinajstić information content (AvgIpc) is 2.81. The Hall–Kier alpha value is -3.49. The first kappa shape index (κ1) is 29.1. The first-order chi connectivity index (χ1) is 17.5. The Bertz CT molecular complexity index is 1320. The van der Waals surface area contributed by atoms with Gasteiger partial charge < -0.3 is 41.5 Å². The predicted molar refractivity (Wildman–Crippen MR) is 130 cm³/mol. The quantitative estimate of drug-likeness (QED) is 0.217. The molecule has 3 aliphatic rings. The molecule has 206 valence electrons. The minimum Gasteiger partial charge on any atom is -0.508 e. The molecule has 1 aromatic rings. The SMILES string of the molecule is CN(C)[C@@H]1C(=O)C(C(N)=O)=C(O)[C@@]2(O)C(=O)C3=C(O)c4c(O)ccc(Cl)c4[C@@](C)(O)[C@H]3C[C@@H]12.O=C(O)CO. The molecular weight excluding hydrogens is 528 g/mol. The number of carbonyl (C=O) groups is 4. The molecule has 1 saturated carbocycles. The third kappa shape index (κ3) is 4.03. The van der Waals surface area contributed by atoms with E-state index >= 15 is 0 Å². The van der Waals surface area contributed by atoms with Gasteiger partial charge >= 0.3 is 5.97 Å². The highest BCUT2D eigenvalue weighted by Gasteiger charge is 2.66. The molecule has 1 fully saturated rings. The fourth-order valence-corrected chi connectivity index (χ4v) is 5.93. The van der Waals surface area contributed by atoms with Crippen molar-refractivity contribution in [3.8, 4) is 5.75 Å². The maximum absolute atomic E-state index is 13.7. The summed E-state index contributed by atoms with van der Waals surface area (Å²) >= 11 is 6.28. The van der Waals surface area contributed by atoms with Crippen LogP contribution in [0.15, 0.2) is 29.0 Å². The van der Waals surface area contributed by atoms with E-state index in [1.54, 1.807) is 0 Å². The number of phenols is 1. The Balaban J connectivity index is 0.000000732. The molecule has 13 nitrogen and oxygen atoms in total. The number of hydrogen-bond donors (Lipinski definition) is 8. The zero-order chi connectivity index (χ0) is 29.1. The van der Waals surface area contributed by atoms with Gasteiger partial charge in [0, 0.05) is 28.0 Å². The van der Waals surface area contributed by atoms with Gasteiger partial charge in [-0.1, -0.05) is 11.6 Å². The van der Waals surface area contributed by atoms with Crippen LogP contribution < -0.4 is 5.73 Å². The van der Waals surface area contributed by atoms with Crippen LogP contribution in [0, 0.1) is 11.8 Å². The highest BCUT2D eigenvalue weighted by atomic mass is 35.5. The van der Waals surface area contributed by atoms with Crippen LogP contribution in [0.4, 0.5) is 0 Å². The number of rotatable bonds is 3. The van der Waals surface area contributed by atoms with Crippen molar-refractivity contribution in [1.29, 1.82) is 0 Å². The molecule has 0 aromatic heterocycles. The molecule has 1 amide bonds. The summed E-state index contributed by atoms with van der Waals surface area (Å²) in [5, 5.41) is 70.2. The van der Waals surface area contributed by atoms with Crippen LogP contribution in [0.2, 0.25) is 5.02 Å². The summed E-state index contributed by atoms with van der Waals surface area (Å²) < 4.78 is 0.